The summed E-state index contributed by atoms with van der Waals surface area (Å²) in [6.07, 6.45) is -17.0. The van der Waals surface area contributed by atoms with Gasteiger partial charge in [0.15, 0.2) is 0 Å². The molecule has 1 aliphatic rings. The standard InChI is InChI=1S/C19H17F6NO10/c1-8-4-12(36-19(23,24)25)5-11-6-13(15(18(20,21)22)35-14(8)11)16(27)33-10(3)34-17(28)32-9(2)7-31-26(29)30/h4-6,9-10,15H,7H2,1-3H3/t9?,10?,15-/m0/s1. The number of ether oxygens (including phenoxy) is 5. The predicted octanol–water partition coefficient (Wildman–Crippen LogP) is 4.24. The third-order valence-electron chi connectivity index (χ3n) is 4.12. The maximum atomic E-state index is 13.6. The third-order valence-corrected chi connectivity index (χ3v) is 4.12. The van der Waals surface area contributed by atoms with E-state index in [4.69, 9.17) is 4.74 Å². The molecular formula is C19H17F6NO10. The van der Waals surface area contributed by atoms with Crippen molar-refractivity contribution in [1.82, 2.24) is 0 Å². The number of alkyl halides is 6. The second-order valence-electron chi connectivity index (χ2n) is 7.13. The van der Waals surface area contributed by atoms with Crippen molar-refractivity contribution in [3.05, 3.63) is 38.9 Å². The van der Waals surface area contributed by atoms with Gasteiger partial charge in [-0.05, 0) is 37.6 Å². The Bertz CT molecular complexity index is 1040. The Kier molecular flexibility index (Phi) is 8.48. The molecule has 0 fully saturated rings. The van der Waals surface area contributed by atoms with E-state index in [2.05, 4.69) is 23.8 Å². The number of fused-ring (bicyclic) bond motifs is 1. The number of carbonyl (C=O) groups excluding carboxylic acids is 2. The number of carbonyl (C=O) groups is 2. The van der Waals surface area contributed by atoms with E-state index in [1.165, 1.54) is 13.8 Å². The molecule has 2 unspecified atom stereocenters. The lowest BCUT2D eigenvalue weighted by molar-refractivity contribution is -0.759. The number of nitrogens with zero attached hydrogens (tertiary/aromatic N) is 1. The van der Waals surface area contributed by atoms with E-state index in [0.29, 0.717) is 12.1 Å². The number of rotatable bonds is 8. The Hall–Kier alpha value is -3.92. The van der Waals surface area contributed by atoms with Crippen LogP contribution in [0.1, 0.15) is 25.0 Å². The van der Waals surface area contributed by atoms with E-state index in [1.54, 1.807) is 0 Å². The van der Waals surface area contributed by atoms with Crippen LogP contribution in [0.3, 0.4) is 0 Å². The van der Waals surface area contributed by atoms with Crippen molar-refractivity contribution in [3.8, 4) is 11.5 Å². The first-order valence-corrected chi connectivity index (χ1v) is 9.67. The van der Waals surface area contributed by atoms with E-state index in [-0.39, 0.29) is 11.1 Å². The van der Waals surface area contributed by atoms with Crippen LogP contribution in [0, 0.1) is 17.0 Å². The normalized spacial score (nSPS) is 16.9. The van der Waals surface area contributed by atoms with E-state index < -0.39 is 71.9 Å². The molecule has 1 aromatic carbocycles. The zero-order valence-corrected chi connectivity index (χ0v) is 18.5. The van der Waals surface area contributed by atoms with Crippen LogP contribution < -0.4 is 9.47 Å². The Morgan fingerprint density at radius 3 is 2.31 bits per heavy atom. The van der Waals surface area contributed by atoms with Gasteiger partial charge in [-0.15, -0.1) is 23.3 Å². The van der Waals surface area contributed by atoms with Crippen LogP contribution in [0.15, 0.2) is 17.7 Å². The summed E-state index contributed by atoms with van der Waals surface area (Å²) in [6.45, 7) is 2.64. The molecule has 17 heteroatoms. The van der Waals surface area contributed by atoms with Crippen molar-refractivity contribution in [2.45, 2.75) is 51.8 Å². The topological polar surface area (TPSA) is 133 Å². The highest BCUT2D eigenvalue weighted by atomic mass is 19.4. The molecule has 0 aliphatic carbocycles. The highest BCUT2D eigenvalue weighted by Gasteiger charge is 2.49. The molecule has 2 rings (SSSR count). The van der Waals surface area contributed by atoms with Crippen molar-refractivity contribution in [1.29, 1.82) is 0 Å². The molecule has 0 aromatic heterocycles. The number of halogens is 6. The predicted molar refractivity (Wildman–Crippen MR) is 102 cm³/mol. The number of aryl methyl sites for hydroxylation is 1. The lowest BCUT2D eigenvalue weighted by Crippen LogP contribution is -2.41. The van der Waals surface area contributed by atoms with Gasteiger partial charge >= 0.3 is 24.7 Å². The Morgan fingerprint density at radius 1 is 1.11 bits per heavy atom. The molecule has 11 nitrogen and oxygen atoms in total. The molecule has 0 saturated carbocycles. The van der Waals surface area contributed by atoms with Gasteiger partial charge in [0.25, 0.3) is 5.09 Å². The molecule has 1 aliphatic heterocycles. The zero-order chi connectivity index (χ0) is 27.4. The van der Waals surface area contributed by atoms with Crippen molar-refractivity contribution in [2.24, 2.45) is 0 Å². The van der Waals surface area contributed by atoms with Crippen molar-refractivity contribution >= 4 is 18.2 Å². The molecule has 36 heavy (non-hydrogen) atoms. The molecule has 0 amide bonds. The second kappa shape index (κ2) is 10.8. The lowest BCUT2D eigenvalue weighted by atomic mass is 9.99. The van der Waals surface area contributed by atoms with Crippen LogP contribution >= 0.6 is 0 Å². The van der Waals surface area contributed by atoms with Gasteiger partial charge in [-0.2, -0.15) is 13.2 Å². The molecule has 200 valence electrons. The van der Waals surface area contributed by atoms with E-state index in [9.17, 15) is 46.0 Å². The van der Waals surface area contributed by atoms with Gasteiger partial charge in [0.2, 0.25) is 12.4 Å². The van der Waals surface area contributed by atoms with Crippen LogP contribution in [0.4, 0.5) is 31.1 Å². The second-order valence-corrected chi connectivity index (χ2v) is 7.13. The lowest BCUT2D eigenvalue weighted by Gasteiger charge is -2.29. The summed E-state index contributed by atoms with van der Waals surface area (Å²) in [4.78, 5) is 38.2. The maximum absolute atomic E-state index is 13.6. The van der Waals surface area contributed by atoms with E-state index in [0.717, 1.165) is 13.0 Å². The Labute approximate surface area is 197 Å². The summed E-state index contributed by atoms with van der Waals surface area (Å²) in [5, 5.41) is 8.96. The van der Waals surface area contributed by atoms with Gasteiger partial charge in [0, 0.05) is 12.5 Å². The van der Waals surface area contributed by atoms with Crippen LogP contribution in [0.2, 0.25) is 0 Å². The average Bonchev–Trinajstić information content (AvgIpc) is 2.69. The van der Waals surface area contributed by atoms with Gasteiger partial charge < -0.3 is 28.5 Å². The summed E-state index contributed by atoms with van der Waals surface area (Å²) in [5.74, 6) is -2.89. The summed E-state index contributed by atoms with van der Waals surface area (Å²) in [6, 6.07) is 1.51. The Balaban J connectivity index is 2.21. The molecule has 3 atom stereocenters. The molecule has 1 heterocycles. The first-order valence-electron chi connectivity index (χ1n) is 9.67. The number of benzene rings is 1. The number of hydrogen-bond acceptors (Lipinski definition) is 10. The fourth-order valence-corrected chi connectivity index (χ4v) is 2.83. The monoisotopic (exact) mass is 533 g/mol. The molecule has 0 bridgehead atoms. The summed E-state index contributed by atoms with van der Waals surface area (Å²) in [5.41, 5.74) is -1.64. The number of esters is 1. The average molecular weight is 533 g/mol. The molecule has 0 radical (unpaired) electrons. The highest BCUT2D eigenvalue weighted by molar-refractivity contribution is 5.96. The smallest absolute Gasteiger partial charge is 0.475 e. The molecule has 0 spiro atoms. The first-order chi connectivity index (χ1) is 16.5. The van der Waals surface area contributed by atoms with E-state index >= 15 is 0 Å². The third kappa shape index (κ3) is 8.09. The van der Waals surface area contributed by atoms with Gasteiger partial charge in [0.1, 0.15) is 24.2 Å². The van der Waals surface area contributed by atoms with Crippen LogP contribution in [0.25, 0.3) is 6.08 Å². The summed E-state index contributed by atoms with van der Waals surface area (Å²) < 4.78 is 101. The molecular weight excluding hydrogens is 516 g/mol. The molecule has 0 saturated heterocycles. The minimum absolute atomic E-state index is 0.140. The van der Waals surface area contributed by atoms with Gasteiger partial charge in [-0.1, -0.05) is 0 Å². The van der Waals surface area contributed by atoms with E-state index in [1.807, 2.05) is 0 Å². The van der Waals surface area contributed by atoms with Gasteiger partial charge in [-0.3, -0.25) is 0 Å². The van der Waals surface area contributed by atoms with Crippen LogP contribution in [-0.4, -0.2) is 54.9 Å². The minimum atomic E-state index is -5.15. The highest BCUT2D eigenvalue weighted by Crippen LogP contribution is 2.41. The fraction of sp³-hybridized carbons (Fsp3) is 0.474. The quantitative estimate of drug-likeness (QED) is 0.157. The largest absolute Gasteiger partial charge is 0.573 e. The van der Waals surface area contributed by atoms with Gasteiger partial charge in [0.05, 0.1) is 5.57 Å². The van der Waals surface area contributed by atoms with Crippen molar-refractivity contribution in [2.75, 3.05) is 6.61 Å². The summed E-state index contributed by atoms with van der Waals surface area (Å²) >= 11 is 0. The SMILES string of the molecule is Cc1cc(OC(F)(F)F)cc2c1O[C@H](C(F)(F)F)C(C(=O)OC(C)OC(=O)OC(C)CO[N+](=O)[O-])=C2. The molecule has 1 aromatic rings. The van der Waals surface area contributed by atoms with Crippen molar-refractivity contribution < 1.29 is 69.5 Å². The fourth-order valence-electron chi connectivity index (χ4n) is 2.83. The Morgan fingerprint density at radius 2 is 1.75 bits per heavy atom. The van der Waals surface area contributed by atoms with Gasteiger partial charge in [-0.25, -0.2) is 9.59 Å². The number of hydrogen-bond donors (Lipinski definition) is 0. The van der Waals surface area contributed by atoms with Crippen molar-refractivity contribution in [3.63, 3.8) is 0 Å². The maximum Gasteiger partial charge on any atom is 0.573 e. The minimum Gasteiger partial charge on any atom is -0.475 e. The zero-order valence-electron chi connectivity index (χ0n) is 18.5. The summed E-state index contributed by atoms with van der Waals surface area (Å²) in [7, 11) is 0. The molecule has 0 N–H and O–H groups in total. The van der Waals surface area contributed by atoms with Crippen LogP contribution in [0.5, 0.6) is 11.5 Å². The van der Waals surface area contributed by atoms with Crippen LogP contribution in [-0.2, 0) is 23.8 Å². The first kappa shape index (κ1) is 28.3.